The van der Waals surface area contributed by atoms with Crippen LogP contribution in [-0.2, 0) is 4.74 Å². The van der Waals surface area contributed by atoms with E-state index in [9.17, 15) is 9.90 Å². The molecule has 0 radical (unpaired) electrons. The lowest BCUT2D eigenvalue weighted by Crippen LogP contribution is -2.32. The highest BCUT2D eigenvalue weighted by Gasteiger charge is 2.42. The lowest BCUT2D eigenvalue weighted by molar-refractivity contribution is 0.0677. The highest BCUT2D eigenvalue weighted by molar-refractivity contribution is 6.31. The van der Waals surface area contributed by atoms with E-state index in [1.807, 2.05) is 24.3 Å². The fourth-order valence-electron chi connectivity index (χ4n) is 3.77. The summed E-state index contributed by atoms with van der Waals surface area (Å²) in [5.41, 5.74) is 2.92. The first kappa shape index (κ1) is 21.0. The third-order valence-electron chi connectivity index (χ3n) is 5.18. The number of phenols is 1. The van der Waals surface area contributed by atoms with Gasteiger partial charge in [-0.15, -0.1) is 0 Å². The second-order valence-electron chi connectivity index (χ2n) is 7.08. The Morgan fingerprint density at radius 2 is 2.06 bits per heavy atom. The first-order chi connectivity index (χ1) is 15.0. The summed E-state index contributed by atoms with van der Waals surface area (Å²) in [5, 5.41) is 18.1. The molecular weight excluding hydrogens is 418 g/mol. The molecule has 4 rings (SSSR count). The molecule has 0 fully saturated rings. The Labute approximate surface area is 184 Å². The van der Waals surface area contributed by atoms with E-state index in [4.69, 9.17) is 21.1 Å². The van der Waals surface area contributed by atoms with Gasteiger partial charge >= 0.3 is 0 Å². The van der Waals surface area contributed by atoms with Crippen LogP contribution >= 0.6 is 11.6 Å². The number of hydrogen-bond acceptors (Lipinski definition) is 5. The Morgan fingerprint density at radius 3 is 2.77 bits per heavy atom. The number of methoxy groups -OCH3 is 1. The van der Waals surface area contributed by atoms with Crippen molar-refractivity contribution in [2.24, 2.45) is 0 Å². The van der Waals surface area contributed by atoms with E-state index < -0.39 is 6.04 Å². The number of halogens is 1. The summed E-state index contributed by atoms with van der Waals surface area (Å²) in [6.07, 6.45) is 1.68. The van der Waals surface area contributed by atoms with Gasteiger partial charge in [0.05, 0.1) is 12.6 Å². The minimum absolute atomic E-state index is 0.0356. The fourth-order valence-corrected chi connectivity index (χ4v) is 3.94. The molecule has 3 aromatic rings. The van der Waals surface area contributed by atoms with Crippen molar-refractivity contribution in [2.75, 3.05) is 26.9 Å². The molecule has 2 heterocycles. The molecule has 0 saturated heterocycles. The maximum Gasteiger partial charge on any atom is 0.273 e. The lowest BCUT2D eigenvalue weighted by Gasteiger charge is -2.26. The molecule has 0 spiro atoms. The number of amides is 1. The Kier molecular flexibility index (Phi) is 5.97. The highest BCUT2D eigenvalue weighted by Crippen LogP contribution is 2.45. The average molecular weight is 440 g/mol. The van der Waals surface area contributed by atoms with Crippen LogP contribution in [0.3, 0.4) is 0 Å². The number of ether oxygens (including phenoxy) is 2. The van der Waals surface area contributed by atoms with Crippen LogP contribution in [0.15, 0.2) is 55.1 Å². The molecule has 160 valence electrons. The first-order valence-corrected chi connectivity index (χ1v) is 10.1. The summed E-state index contributed by atoms with van der Waals surface area (Å²) < 4.78 is 10.8. The molecule has 0 aliphatic carbocycles. The number of carbonyl (C=O) groups is 1. The van der Waals surface area contributed by atoms with Gasteiger partial charge in [-0.25, -0.2) is 0 Å². The zero-order valence-electron chi connectivity index (χ0n) is 17.0. The first-order valence-electron chi connectivity index (χ1n) is 9.75. The topological polar surface area (TPSA) is 87.7 Å². The molecule has 1 unspecified atom stereocenters. The van der Waals surface area contributed by atoms with Crippen molar-refractivity contribution < 1.29 is 19.4 Å². The maximum atomic E-state index is 13.2. The van der Waals surface area contributed by atoms with E-state index in [2.05, 4.69) is 16.8 Å². The summed E-state index contributed by atoms with van der Waals surface area (Å²) in [6, 6.07) is 11.9. The lowest BCUT2D eigenvalue weighted by atomic mass is 9.95. The summed E-state index contributed by atoms with van der Waals surface area (Å²) in [4.78, 5) is 14.9. The van der Waals surface area contributed by atoms with E-state index >= 15 is 0 Å². The van der Waals surface area contributed by atoms with Gasteiger partial charge in [-0.1, -0.05) is 36.4 Å². The van der Waals surface area contributed by atoms with Crippen molar-refractivity contribution >= 4 is 17.5 Å². The molecular formula is C23H22ClN3O4. The molecule has 1 amide bonds. The minimum Gasteiger partial charge on any atom is -0.507 e. The van der Waals surface area contributed by atoms with Crippen molar-refractivity contribution in [1.82, 2.24) is 15.1 Å². The van der Waals surface area contributed by atoms with E-state index in [1.54, 1.807) is 30.2 Å². The second kappa shape index (κ2) is 8.83. The van der Waals surface area contributed by atoms with Crippen LogP contribution in [0.5, 0.6) is 11.5 Å². The van der Waals surface area contributed by atoms with E-state index in [1.165, 1.54) is 6.07 Å². The summed E-state index contributed by atoms with van der Waals surface area (Å²) >= 11 is 6.16. The smallest absolute Gasteiger partial charge is 0.273 e. The Balaban J connectivity index is 1.81. The second-order valence-corrected chi connectivity index (χ2v) is 7.52. The number of phenolic OH excluding ortho intramolecular Hbond substituents is 1. The summed E-state index contributed by atoms with van der Waals surface area (Å²) in [6.45, 7) is 4.85. The van der Waals surface area contributed by atoms with Crippen LogP contribution in [0.2, 0.25) is 5.02 Å². The quantitative estimate of drug-likeness (QED) is 0.514. The fraction of sp³-hybridized carbons (Fsp3) is 0.217. The van der Waals surface area contributed by atoms with E-state index in [-0.39, 0.29) is 11.7 Å². The van der Waals surface area contributed by atoms with E-state index in [0.29, 0.717) is 53.0 Å². The number of nitrogens with one attached hydrogen (secondary N) is 1. The number of nitrogens with zero attached hydrogens (tertiary/aromatic N) is 2. The standard InChI is InChI=1S/C23H22ClN3O4/c1-3-11-31-16-7-4-14(5-8-16)22-19-20(17-13-15(24)6-9-18(17)28)25-26-21(19)23(29)27(22)10-12-30-2/h3-9,13,22,28H,1,10-12H2,2H3,(H,25,26). The number of aromatic hydroxyl groups is 1. The minimum atomic E-state index is -0.404. The van der Waals surface area contributed by atoms with Crippen LogP contribution < -0.4 is 4.74 Å². The van der Waals surface area contributed by atoms with Crippen LogP contribution in [0, 0.1) is 0 Å². The molecule has 2 aromatic carbocycles. The molecule has 2 N–H and O–H groups in total. The zero-order chi connectivity index (χ0) is 22.0. The van der Waals surface area contributed by atoms with Gasteiger partial charge in [-0.2, -0.15) is 5.10 Å². The molecule has 0 bridgehead atoms. The van der Waals surface area contributed by atoms with Crippen molar-refractivity contribution in [3.05, 3.63) is 77.0 Å². The van der Waals surface area contributed by atoms with Gasteiger partial charge in [-0.3, -0.25) is 9.89 Å². The monoisotopic (exact) mass is 439 g/mol. The zero-order valence-corrected chi connectivity index (χ0v) is 17.7. The van der Waals surface area contributed by atoms with Crippen molar-refractivity contribution in [2.45, 2.75) is 6.04 Å². The van der Waals surface area contributed by atoms with Gasteiger partial charge in [-0.05, 0) is 35.9 Å². The number of benzene rings is 2. The molecule has 8 heteroatoms. The number of aromatic nitrogens is 2. The van der Waals surface area contributed by atoms with Gasteiger partial charge in [0.1, 0.15) is 29.5 Å². The number of H-pyrrole nitrogens is 1. The SMILES string of the molecule is C=CCOc1ccc(C2c3c(-c4cc(Cl)ccc4O)n[nH]c3C(=O)N2CCOC)cc1. The van der Waals surface area contributed by atoms with Gasteiger partial charge < -0.3 is 19.5 Å². The summed E-state index contributed by atoms with van der Waals surface area (Å²) in [5.74, 6) is 0.564. The molecule has 1 aliphatic heterocycles. The molecule has 1 aliphatic rings. The Hall–Kier alpha value is -3.29. The molecule has 1 atom stereocenters. The van der Waals surface area contributed by atoms with Crippen molar-refractivity contribution in [1.29, 1.82) is 0 Å². The number of fused-ring (bicyclic) bond motifs is 1. The van der Waals surface area contributed by atoms with Crippen LogP contribution in [-0.4, -0.2) is 53.0 Å². The van der Waals surface area contributed by atoms with E-state index in [0.717, 1.165) is 5.56 Å². The maximum absolute atomic E-state index is 13.2. The Morgan fingerprint density at radius 1 is 1.29 bits per heavy atom. The number of hydrogen-bond donors (Lipinski definition) is 2. The molecule has 31 heavy (non-hydrogen) atoms. The van der Waals surface area contributed by atoms with Gasteiger partial charge in [0, 0.05) is 29.8 Å². The average Bonchev–Trinajstić information content (AvgIpc) is 3.32. The highest BCUT2D eigenvalue weighted by atomic mass is 35.5. The largest absolute Gasteiger partial charge is 0.507 e. The van der Waals surface area contributed by atoms with Crippen molar-refractivity contribution in [3.8, 4) is 22.8 Å². The normalized spacial score (nSPS) is 15.2. The number of carbonyl (C=O) groups excluding carboxylic acids is 1. The number of aromatic amines is 1. The Bertz CT molecular complexity index is 1110. The number of rotatable bonds is 8. The summed E-state index contributed by atoms with van der Waals surface area (Å²) in [7, 11) is 1.59. The van der Waals surface area contributed by atoms with Crippen LogP contribution in [0.4, 0.5) is 0 Å². The van der Waals surface area contributed by atoms with Gasteiger partial charge in [0.25, 0.3) is 5.91 Å². The predicted molar refractivity (Wildman–Crippen MR) is 118 cm³/mol. The van der Waals surface area contributed by atoms with Crippen molar-refractivity contribution in [3.63, 3.8) is 0 Å². The third kappa shape index (κ3) is 3.89. The third-order valence-corrected chi connectivity index (χ3v) is 5.41. The van der Waals surface area contributed by atoms with Gasteiger partial charge in [0.2, 0.25) is 0 Å². The van der Waals surface area contributed by atoms with Crippen LogP contribution in [0.25, 0.3) is 11.3 Å². The van der Waals surface area contributed by atoms with Crippen LogP contribution in [0.1, 0.15) is 27.7 Å². The molecule has 7 nitrogen and oxygen atoms in total. The predicted octanol–water partition coefficient (Wildman–Crippen LogP) is 4.19. The van der Waals surface area contributed by atoms with Gasteiger partial charge in [0.15, 0.2) is 0 Å². The molecule has 1 aromatic heterocycles. The molecule has 0 saturated carbocycles.